The molecule has 43 heavy (non-hydrogen) atoms. The van der Waals surface area contributed by atoms with Crippen LogP contribution in [-0.4, -0.2) is 35.7 Å². The first-order valence-electron chi connectivity index (χ1n) is 14.8. The van der Waals surface area contributed by atoms with E-state index in [2.05, 4.69) is 43.9 Å². The Morgan fingerprint density at radius 3 is 2.72 bits per heavy atom. The summed E-state index contributed by atoms with van der Waals surface area (Å²) in [5, 5.41) is 14.1. The summed E-state index contributed by atoms with van der Waals surface area (Å²) in [6.07, 6.45) is 5.05. The lowest BCUT2D eigenvalue weighted by Gasteiger charge is -2.41. The van der Waals surface area contributed by atoms with Crippen LogP contribution in [-0.2, 0) is 23.1 Å². The second-order valence-corrected chi connectivity index (χ2v) is 12.0. The van der Waals surface area contributed by atoms with Gasteiger partial charge in [0.25, 0.3) is 0 Å². The van der Waals surface area contributed by atoms with Crippen LogP contribution in [0.1, 0.15) is 65.8 Å². The van der Waals surface area contributed by atoms with Crippen molar-refractivity contribution in [2.24, 2.45) is 0 Å². The van der Waals surface area contributed by atoms with Crippen LogP contribution < -0.4 is 15.5 Å². The molecule has 1 saturated heterocycles. The lowest BCUT2D eigenvalue weighted by atomic mass is 9.73. The van der Waals surface area contributed by atoms with E-state index in [0.29, 0.717) is 5.56 Å². The minimum atomic E-state index is -0.965. The monoisotopic (exact) mass is 587 g/mol. The number of nitrogens with one attached hydrogen (secondary N) is 2. The molecule has 1 amide bonds. The van der Waals surface area contributed by atoms with Gasteiger partial charge >= 0.3 is 0 Å². The summed E-state index contributed by atoms with van der Waals surface area (Å²) >= 11 is 0. The molecule has 0 radical (unpaired) electrons. The Hall–Kier alpha value is -4.34. The Labute approximate surface area is 247 Å². The van der Waals surface area contributed by atoms with Gasteiger partial charge in [0.05, 0.1) is 0 Å². The van der Waals surface area contributed by atoms with Gasteiger partial charge in [-0.1, -0.05) is 12.1 Å². The van der Waals surface area contributed by atoms with Crippen LogP contribution in [0.2, 0.25) is 0 Å². The fourth-order valence-electron chi connectivity index (χ4n) is 7.28. The molecule has 2 atom stereocenters. The van der Waals surface area contributed by atoms with Gasteiger partial charge in [0.1, 0.15) is 11.9 Å². The molecule has 2 aliphatic heterocycles. The highest BCUT2D eigenvalue weighted by Crippen LogP contribution is 2.53. The van der Waals surface area contributed by atoms with Crippen molar-refractivity contribution in [3.05, 3.63) is 107 Å². The fraction of sp³-hybridized carbons (Fsp3) is 0.364. The second-order valence-electron chi connectivity index (χ2n) is 12.0. The summed E-state index contributed by atoms with van der Waals surface area (Å²) in [5.41, 5.74) is 6.09. The number of hydrogen-bond donors (Lipinski definition) is 2. The summed E-state index contributed by atoms with van der Waals surface area (Å²) in [6, 6.07) is 14.5. The second kappa shape index (κ2) is 11.1. The van der Waals surface area contributed by atoms with Gasteiger partial charge in [-0.25, -0.2) is 13.2 Å². The molecule has 0 unspecified atom stereocenters. The summed E-state index contributed by atoms with van der Waals surface area (Å²) in [6.45, 7) is 2.68. The Balaban J connectivity index is 1.07. The number of amides is 1. The average Bonchev–Trinajstić information content (AvgIpc) is 3.76. The third-order valence-corrected chi connectivity index (χ3v) is 9.41. The van der Waals surface area contributed by atoms with E-state index in [0.717, 1.165) is 75.0 Å². The normalized spacial score (nSPS) is 19.1. The topological polar surface area (TPSA) is 83.3 Å². The van der Waals surface area contributed by atoms with Gasteiger partial charge in [-0.3, -0.25) is 4.79 Å². The van der Waals surface area contributed by atoms with Gasteiger partial charge in [-0.2, -0.15) is 0 Å². The average molecular weight is 588 g/mol. The van der Waals surface area contributed by atoms with Gasteiger partial charge < -0.3 is 20.0 Å². The molecule has 0 saturated carbocycles. The number of carbonyl (C=O) groups is 1. The van der Waals surface area contributed by atoms with E-state index in [9.17, 15) is 18.0 Å². The third-order valence-electron chi connectivity index (χ3n) is 9.41. The number of halogens is 3. The van der Waals surface area contributed by atoms with Crippen molar-refractivity contribution in [1.29, 1.82) is 0 Å². The van der Waals surface area contributed by atoms with Crippen molar-refractivity contribution >= 4 is 17.3 Å². The number of benzene rings is 3. The summed E-state index contributed by atoms with van der Waals surface area (Å²) in [5.74, 6) is -2.31. The van der Waals surface area contributed by atoms with Crippen molar-refractivity contribution in [3.8, 4) is 0 Å². The molecule has 3 aliphatic rings. The molecule has 7 rings (SSSR count). The van der Waals surface area contributed by atoms with Gasteiger partial charge in [-0.15, -0.1) is 10.2 Å². The lowest BCUT2D eigenvalue weighted by Crippen LogP contribution is -2.42. The number of anilines is 2. The van der Waals surface area contributed by atoms with E-state index in [-0.39, 0.29) is 41.8 Å². The predicted octanol–water partition coefficient (Wildman–Crippen LogP) is 5.97. The van der Waals surface area contributed by atoms with Crippen LogP contribution in [0.15, 0.2) is 65.4 Å². The molecule has 1 fully saturated rings. The highest BCUT2D eigenvalue weighted by atomic mass is 19.2. The Morgan fingerprint density at radius 1 is 1.07 bits per heavy atom. The first-order chi connectivity index (χ1) is 20.9. The standard InChI is InChI=1S/C33H32F3N5O2/c34-23-2-4-25-22(16-31(42)39-30(32-40-38-19-43-32)14-20-1-5-27(35)28(36)13-20)18-33(26(25)17-23)8-11-41(12-9-33)24-3-6-29-21(15-24)7-10-37-29/h1-6,13,15,17,19,22,30,37H,7-12,14,16,18H2,(H,39,42)/t22-,30-/m1/s1. The predicted molar refractivity (Wildman–Crippen MR) is 155 cm³/mol. The molecule has 4 aromatic rings. The molecule has 3 heterocycles. The van der Waals surface area contributed by atoms with Crippen molar-refractivity contribution in [2.45, 2.75) is 55.9 Å². The zero-order chi connectivity index (χ0) is 29.6. The molecule has 1 aromatic heterocycles. The third kappa shape index (κ3) is 5.34. The SMILES string of the molecule is O=C(C[C@@H]1CC2(CCN(c3ccc4c(c3)CCN4)CC2)c2cc(F)ccc21)N[C@H](Cc1ccc(F)c(F)c1)c1nnco1. The van der Waals surface area contributed by atoms with Gasteiger partial charge in [0, 0.05) is 43.9 Å². The lowest BCUT2D eigenvalue weighted by molar-refractivity contribution is -0.122. The summed E-state index contributed by atoms with van der Waals surface area (Å²) in [7, 11) is 0. The molecule has 1 aliphatic carbocycles. The van der Waals surface area contributed by atoms with Crippen molar-refractivity contribution in [3.63, 3.8) is 0 Å². The molecule has 0 bridgehead atoms. The first-order valence-corrected chi connectivity index (χ1v) is 14.8. The summed E-state index contributed by atoms with van der Waals surface area (Å²) < 4.78 is 47.3. The maximum Gasteiger partial charge on any atom is 0.238 e. The number of piperidine rings is 1. The van der Waals surface area contributed by atoms with Crippen LogP contribution in [0.4, 0.5) is 24.5 Å². The fourth-order valence-corrected chi connectivity index (χ4v) is 7.28. The Morgan fingerprint density at radius 2 is 1.93 bits per heavy atom. The maximum atomic E-state index is 14.6. The Bertz CT molecular complexity index is 1650. The number of carbonyl (C=O) groups excluding carboxylic acids is 1. The molecule has 1 spiro atoms. The zero-order valence-electron chi connectivity index (χ0n) is 23.6. The maximum absolute atomic E-state index is 14.6. The number of hydrogen-bond acceptors (Lipinski definition) is 6. The van der Waals surface area contributed by atoms with Crippen molar-refractivity contribution in [2.75, 3.05) is 29.9 Å². The quantitative estimate of drug-likeness (QED) is 0.277. The van der Waals surface area contributed by atoms with E-state index in [4.69, 9.17) is 4.42 Å². The smallest absolute Gasteiger partial charge is 0.238 e. The van der Waals surface area contributed by atoms with Crippen LogP contribution in [0.25, 0.3) is 0 Å². The minimum absolute atomic E-state index is 0.0835. The van der Waals surface area contributed by atoms with E-state index in [1.54, 1.807) is 6.07 Å². The first kappa shape index (κ1) is 27.5. The largest absolute Gasteiger partial charge is 0.426 e. The molecule has 3 aromatic carbocycles. The molecular weight excluding hydrogens is 555 g/mol. The Kier molecular flexibility index (Phi) is 7.07. The highest BCUT2D eigenvalue weighted by molar-refractivity contribution is 5.78. The van der Waals surface area contributed by atoms with Crippen LogP contribution in [0.5, 0.6) is 0 Å². The van der Waals surface area contributed by atoms with Gasteiger partial charge in [0.2, 0.25) is 18.2 Å². The highest BCUT2D eigenvalue weighted by Gasteiger charge is 2.46. The van der Waals surface area contributed by atoms with Crippen LogP contribution in [0.3, 0.4) is 0 Å². The van der Waals surface area contributed by atoms with Crippen molar-refractivity contribution < 1.29 is 22.4 Å². The number of fused-ring (bicyclic) bond motifs is 3. The molecule has 7 nitrogen and oxygen atoms in total. The molecule has 10 heteroatoms. The van der Waals surface area contributed by atoms with E-state index < -0.39 is 17.7 Å². The molecule has 222 valence electrons. The van der Waals surface area contributed by atoms with E-state index in [1.807, 2.05) is 6.07 Å². The van der Waals surface area contributed by atoms with E-state index in [1.165, 1.54) is 29.1 Å². The zero-order valence-corrected chi connectivity index (χ0v) is 23.6. The van der Waals surface area contributed by atoms with E-state index >= 15 is 0 Å². The van der Waals surface area contributed by atoms with Crippen molar-refractivity contribution in [1.82, 2.24) is 15.5 Å². The number of nitrogens with zero attached hydrogens (tertiary/aromatic N) is 3. The van der Waals surface area contributed by atoms with Crippen LogP contribution >= 0.6 is 0 Å². The number of aromatic nitrogens is 2. The molecule has 2 N–H and O–H groups in total. The van der Waals surface area contributed by atoms with Gasteiger partial charge in [0.15, 0.2) is 11.6 Å². The number of rotatable bonds is 7. The summed E-state index contributed by atoms with van der Waals surface area (Å²) in [4.78, 5) is 15.9. The minimum Gasteiger partial charge on any atom is -0.426 e. The molecular formula is C33H32F3N5O2. The van der Waals surface area contributed by atoms with Gasteiger partial charge in [-0.05, 0) is 102 Å². The van der Waals surface area contributed by atoms with Crippen LogP contribution in [0, 0.1) is 17.5 Å².